The number of fused-ring (bicyclic) bond motifs is 1. The lowest BCUT2D eigenvalue weighted by atomic mass is 10.0. The fourth-order valence-electron chi connectivity index (χ4n) is 2.19. The van der Waals surface area contributed by atoms with E-state index in [1.54, 1.807) is 6.20 Å². The van der Waals surface area contributed by atoms with Crippen molar-refractivity contribution in [3.8, 4) is 0 Å². The van der Waals surface area contributed by atoms with Crippen LogP contribution in [0.4, 0.5) is 0 Å². The van der Waals surface area contributed by atoms with E-state index in [0.29, 0.717) is 0 Å². The summed E-state index contributed by atoms with van der Waals surface area (Å²) in [5, 5.41) is 1.11. The number of hydrogen-bond donors (Lipinski definition) is 0. The van der Waals surface area contributed by atoms with E-state index in [2.05, 4.69) is 44.5 Å². The zero-order chi connectivity index (χ0) is 13.3. The van der Waals surface area contributed by atoms with Crippen LogP contribution in [-0.4, -0.2) is 4.98 Å². The topological polar surface area (TPSA) is 26.0 Å². The summed E-state index contributed by atoms with van der Waals surface area (Å²) < 4.78 is 5.87. The monoisotopic (exact) mass is 241 g/mol. The summed E-state index contributed by atoms with van der Waals surface area (Å²) in [5.41, 5.74) is 5.26. The van der Waals surface area contributed by atoms with Crippen LogP contribution in [0.1, 0.15) is 39.1 Å². The minimum absolute atomic E-state index is 0.835. The maximum atomic E-state index is 5.87. The fraction of sp³-hybridized carbons (Fsp3) is 0.312. The van der Waals surface area contributed by atoms with Crippen LogP contribution in [0.25, 0.3) is 16.5 Å². The lowest BCUT2D eigenvalue weighted by molar-refractivity contribution is 0.597. The normalized spacial score (nSPS) is 10.7. The Morgan fingerprint density at radius 2 is 2.00 bits per heavy atom. The molecule has 0 aliphatic heterocycles. The lowest BCUT2D eigenvalue weighted by Gasteiger charge is -2.05. The summed E-state index contributed by atoms with van der Waals surface area (Å²) in [4.78, 5) is 4.36. The predicted molar refractivity (Wildman–Crippen MR) is 76.5 cm³/mol. The summed E-state index contributed by atoms with van der Waals surface area (Å²) >= 11 is 0. The van der Waals surface area contributed by atoms with Gasteiger partial charge in [-0.25, -0.2) is 0 Å². The molecule has 0 amide bonds. The smallest absolute Gasteiger partial charge is 0.153 e. The van der Waals surface area contributed by atoms with Gasteiger partial charge in [-0.3, -0.25) is 4.98 Å². The molecule has 0 aliphatic rings. The molecule has 0 radical (unpaired) electrons. The van der Waals surface area contributed by atoms with Crippen molar-refractivity contribution in [1.82, 2.24) is 4.98 Å². The summed E-state index contributed by atoms with van der Waals surface area (Å²) in [6.45, 7) is 12.3. The Balaban J connectivity index is 2.60. The number of hydrogen-bond acceptors (Lipinski definition) is 2. The van der Waals surface area contributed by atoms with Crippen LogP contribution in [0, 0.1) is 0 Å². The number of pyridine rings is 1. The van der Waals surface area contributed by atoms with Gasteiger partial charge in [-0.05, 0) is 44.9 Å². The van der Waals surface area contributed by atoms with Gasteiger partial charge in [0.2, 0.25) is 0 Å². The first kappa shape index (κ1) is 12.6. The van der Waals surface area contributed by atoms with E-state index in [9.17, 15) is 0 Å². The SMILES string of the molecule is C=C(C)C(=C(C)C)c1cc2cc(CC)ncc2o1. The van der Waals surface area contributed by atoms with Gasteiger partial charge in [0.1, 0.15) is 5.76 Å². The molecule has 0 spiro atoms. The summed E-state index contributed by atoms with van der Waals surface area (Å²) in [7, 11) is 0. The molecule has 2 heterocycles. The summed E-state index contributed by atoms with van der Waals surface area (Å²) in [6.07, 6.45) is 2.74. The highest BCUT2D eigenvalue weighted by molar-refractivity contribution is 5.86. The minimum Gasteiger partial charge on any atom is -0.454 e. The Hall–Kier alpha value is -1.83. The van der Waals surface area contributed by atoms with Gasteiger partial charge in [0, 0.05) is 16.7 Å². The van der Waals surface area contributed by atoms with Crippen molar-refractivity contribution in [3.05, 3.63) is 47.5 Å². The Bertz CT molecular complexity index is 628. The molecule has 94 valence electrons. The van der Waals surface area contributed by atoms with Crippen molar-refractivity contribution < 1.29 is 4.42 Å². The molecule has 18 heavy (non-hydrogen) atoms. The number of rotatable bonds is 3. The standard InChI is InChI=1S/C16H19NO/c1-6-13-7-12-8-14(18-15(12)9-17-13)16(10(2)3)11(4)5/h7-9H,2,6H2,1,3-5H3. The molecule has 0 aliphatic carbocycles. The van der Waals surface area contributed by atoms with Crippen molar-refractivity contribution in [2.45, 2.75) is 34.1 Å². The quantitative estimate of drug-likeness (QED) is 0.724. The van der Waals surface area contributed by atoms with Gasteiger partial charge in [0.15, 0.2) is 5.58 Å². The molecular formula is C16H19NO. The molecule has 2 aromatic heterocycles. The average molecular weight is 241 g/mol. The van der Waals surface area contributed by atoms with Crippen LogP contribution >= 0.6 is 0 Å². The van der Waals surface area contributed by atoms with Gasteiger partial charge >= 0.3 is 0 Å². The van der Waals surface area contributed by atoms with E-state index in [-0.39, 0.29) is 0 Å². The third kappa shape index (κ3) is 2.23. The van der Waals surface area contributed by atoms with Gasteiger partial charge in [-0.1, -0.05) is 19.1 Å². The van der Waals surface area contributed by atoms with Crippen LogP contribution in [0.5, 0.6) is 0 Å². The molecule has 0 fully saturated rings. The lowest BCUT2D eigenvalue weighted by Crippen LogP contribution is -1.85. The Morgan fingerprint density at radius 3 is 2.56 bits per heavy atom. The molecule has 2 heteroatoms. The second kappa shape index (κ2) is 4.81. The molecule has 0 aromatic carbocycles. The summed E-state index contributed by atoms with van der Waals surface area (Å²) in [6, 6.07) is 4.16. The van der Waals surface area contributed by atoms with E-state index < -0.39 is 0 Å². The molecule has 0 bridgehead atoms. The third-order valence-corrected chi connectivity index (χ3v) is 3.00. The molecular weight excluding hydrogens is 222 g/mol. The highest BCUT2D eigenvalue weighted by atomic mass is 16.3. The first-order valence-corrected chi connectivity index (χ1v) is 6.25. The zero-order valence-corrected chi connectivity index (χ0v) is 11.5. The molecule has 0 N–H and O–H groups in total. The largest absolute Gasteiger partial charge is 0.454 e. The fourth-order valence-corrected chi connectivity index (χ4v) is 2.19. The van der Waals surface area contributed by atoms with Crippen molar-refractivity contribution in [2.75, 3.05) is 0 Å². The highest BCUT2D eigenvalue weighted by Crippen LogP contribution is 2.30. The van der Waals surface area contributed by atoms with Crippen molar-refractivity contribution in [3.63, 3.8) is 0 Å². The number of furan rings is 1. The summed E-state index contributed by atoms with van der Waals surface area (Å²) in [5.74, 6) is 0.882. The average Bonchev–Trinajstić information content (AvgIpc) is 2.69. The zero-order valence-electron chi connectivity index (χ0n) is 11.5. The van der Waals surface area contributed by atoms with E-state index in [1.165, 1.54) is 5.57 Å². The van der Waals surface area contributed by atoms with Crippen molar-refractivity contribution in [2.24, 2.45) is 0 Å². The Kier molecular flexibility index (Phi) is 3.37. The maximum absolute atomic E-state index is 5.87. The van der Waals surface area contributed by atoms with E-state index in [0.717, 1.165) is 40.0 Å². The number of nitrogens with zero attached hydrogens (tertiary/aromatic N) is 1. The van der Waals surface area contributed by atoms with Crippen LogP contribution in [0.3, 0.4) is 0 Å². The van der Waals surface area contributed by atoms with E-state index in [4.69, 9.17) is 4.42 Å². The van der Waals surface area contributed by atoms with Gasteiger partial charge in [-0.15, -0.1) is 0 Å². The Labute approximate surface area is 108 Å². The van der Waals surface area contributed by atoms with Crippen LogP contribution in [-0.2, 0) is 6.42 Å². The molecule has 2 aromatic rings. The molecule has 0 saturated carbocycles. The molecule has 0 unspecified atom stereocenters. The van der Waals surface area contributed by atoms with Crippen LogP contribution in [0.2, 0.25) is 0 Å². The van der Waals surface area contributed by atoms with Crippen molar-refractivity contribution in [1.29, 1.82) is 0 Å². The number of aromatic nitrogens is 1. The maximum Gasteiger partial charge on any atom is 0.153 e. The first-order valence-electron chi connectivity index (χ1n) is 6.25. The first-order chi connectivity index (χ1) is 8.52. The molecule has 2 rings (SSSR count). The van der Waals surface area contributed by atoms with Gasteiger partial charge in [0.25, 0.3) is 0 Å². The van der Waals surface area contributed by atoms with Crippen LogP contribution < -0.4 is 0 Å². The second-order valence-electron chi connectivity index (χ2n) is 4.83. The second-order valence-corrected chi connectivity index (χ2v) is 4.83. The van der Waals surface area contributed by atoms with E-state index >= 15 is 0 Å². The van der Waals surface area contributed by atoms with Gasteiger partial charge in [0.05, 0.1) is 6.20 Å². The molecule has 2 nitrogen and oxygen atoms in total. The highest BCUT2D eigenvalue weighted by Gasteiger charge is 2.11. The number of aryl methyl sites for hydroxylation is 1. The van der Waals surface area contributed by atoms with E-state index in [1.807, 2.05) is 6.92 Å². The van der Waals surface area contributed by atoms with Crippen molar-refractivity contribution >= 4 is 16.5 Å². The molecule has 0 saturated heterocycles. The predicted octanol–water partition coefficient (Wildman–Crippen LogP) is 4.76. The van der Waals surface area contributed by atoms with Gasteiger partial charge < -0.3 is 4.42 Å². The third-order valence-electron chi connectivity index (χ3n) is 3.00. The Morgan fingerprint density at radius 1 is 1.28 bits per heavy atom. The van der Waals surface area contributed by atoms with Crippen LogP contribution in [0.15, 0.2) is 40.5 Å². The minimum atomic E-state index is 0.835. The molecule has 0 atom stereocenters. The number of allylic oxidation sites excluding steroid dienone is 3. The van der Waals surface area contributed by atoms with Gasteiger partial charge in [-0.2, -0.15) is 0 Å².